The van der Waals surface area contributed by atoms with Crippen LogP contribution in [0.25, 0.3) is 11.4 Å². The molecule has 0 saturated heterocycles. The Balaban J connectivity index is 1.10. The monoisotopic (exact) mass is 922 g/mol. The van der Waals surface area contributed by atoms with E-state index in [2.05, 4.69) is 51.0 Å². The van der Waals surface area contributed by atoms with Gasteiger partial charge in [-0.25, -0.2) is 9.59 Å². The van der Waals surface area contributed by atoms with Crippen molar-refractivity contribution in [1.82, 2.24) is 40.0 Å². The van der Waals surface area contributed by atoms with Gasteiger partial charge in [-0.1, -0.05) is 87.7 Å². The van der Waals surface area contributed by atoms with Crippen LogP contribution < -0.4 is 9.47 Å². The first-order chi connectivity index (χ1) is 29.4. The number of thioether (sulfide) groups is 2. The average molecular weight is 923 g/mol. The van der Waals surface area contributed by atoms with E-state index in [1.165, 1.54) is 70.5 Å². The average Bonchev–Trinajstić information content (AvgIpc) is 4.00. The van der Waals surface area contributed by atoms with Crippen molar-refractivity contribution >= 4 is 92.7 Å². The Bertz CT molecular complexity index is 2550. The molecule has 4 aromatic heterocycles. The molecule has 0 saturated carbocycles. The molecule has 26 heteroatoms. The summed E-state index contributed by atoms with van der Waals surface area (Å²) in [4.78, 5) is 45.4. The van der Waals surface area contributed by atoms with Gasteiger partial charge < -0.3 is 29.9 Å². The molecular weight excluding hydrogens is 889 g/mol. The number of carbonyl (C=O) groups excluding carboxylic acids is 2. The van der Waals surface area contributed by atoms with Gasteiger partial charge in [0.2, 0.25) is 11.8 Å². The second-order valence-electron chi connectivity index (χ2n) is 14.6. The maximum absolute atomic E-state index is 11.7. The van der Waals surface area contributed by atoms with Crippen molar-refractivity contribution in [3.63, 3.8) is 0 Å². The van der Waals surface area contributed by atoms with E-state index in [1.807, 2.05) is 41.5 Å². The molecule has 0 aliphatic carbocycles. The zero-order valence-corrected chi connectivity index (χ0v) is 36.5. The molecule has 6 rings (SSSR count). The lowest BCUT2D eigenvalue weighted by atomic mass is 9.91. The summed E-state index contributed by atoms with van der Waals surface area (Å²) in [5.41, 5.74) is -0.697. The van der Waals surface area contributed by atoms with Gasteiger partial charge in [0.25, 0.3) is 23.2 Å². The largest absolute Gasteiger partial charge is 0.492 e. The van der Waals surface area contributed by atoms with Crippen molar-refractivity contribution < 1.29 is 49.1 Å². The van der Waals surface area contributed by atoms with E-state index in [0.717, 1.165) is 21.5 Å². The Morgan fingerprint density at radius 2 is 1.03 bits per heavy atom. The van der Waals surface area contributed by atoms with Crippen LogP contribution in [-0.4, -0.2) is 96.8 Å². The highest BCUT2D eigenvalue weighted by molar-refractivity contribution is 8.04. The van der Waals surface area contributed by atoms with Gasteiger partial charge >= 0.3 is 11.9 Å². The first-order valence-corrected chi connectivity index (χ1v) is 21.4. The summed E-state index contributed by atoms with van der Waals surface area (Å²) < 4.78 is 13.1. The number of carbonyl (C=O) groups is 4. The van der Waals surface area contributed by atoms with Crippen LogP contribution in [-0.2, 0) is 20.4 Å². The molecule has 62 heavy (non-hydrogen) atoms. The van der Waals surface area contributed by atoms with Crippen molar-refractivity contribution in [3.05, 3.63) is 58.9 Å². The Labute approximate surface area is 366 Å². The topological polar surface area (TPSA) is 304 Å². The highest BCUT2D eigenvalue weighted by atomic mass is 32.2. The summed E-state index contributed by atoms with van der Waals surface area (Å²) in [6.45, 7) is 11.4. The predicted molar refractivity (Wildman–Crippen MR) is 225 cm³/mol. The van der Waals surface area contributed by atoms with Crippen molar-refractivity contribution in [3.8, 4) is 34.6 Å². The van der Waals surface area contributed by atoms with Crippen LogP contribution in [0.5, 0.6) is 23.3 Å². The number of hydrogen-bond donors (Lipinski definition) is 4. The van der Waals surface area contributed by atoms with Crippen LogP contribution in [0.4, 0.5) is 21.6 Å². The molecule has 0 aliphatic rings. The van der Waals surface area contributed by atoms with Crippen LogP contribution in [0.15, 0.2) is 65.5 Å². The van der Waals surface area contributed by atoms with Gasteiger partial charge in [-0.3, -0.25) is 9.59 Å². The van der Waals surface area contributed by atoms with Crippen LogP contribution in [0.3, 0.4) is 0 Å². The smallest absolute Gasteiger partial charge is 0.335 e. The molecule has 4 heterocycles. The van der Waals surface area contributed by atoms with Crippen molar-refractivity contribution in [2.75, 3.05) is 11.5 Å². The molecular formula is C36H34N12O10S4. The number of ether oxygens (including phenoxy) is 2. The third-order valence-electron chi connectivity index (χ3n) is 8.03. The molecule has 6 aromatic rings. The molecule has 0 atom stereocenters. The van der Waals surface area contributed by atoms with Crippen LogP contribution in [0.2, 0.25) is 0 Å². The summed E-state index contributed by atoms with van der Waals surface area (Å²) >= 11 is 5.19. The van der Waals surface area contributed by atoms with Gasteiger partial charge in [0.05, 0.1) is 33.9 Å². The molecule has 0 amide bonds. The van der Waals surface area contributed by atoms with E-state index in [-0.39, 0.29) is 68.6 Å². The number of carboxylic acids is 2. The number of aromatic hydroxyl groups is 2. The number of hydrogen-bond acceptors (Lipinski definition) is 22. The number of rotatable bonds is 17. The fraction of sp³-hybridized carbons (Fsp3) is 0.278. The van der Waals surface area contributed by atoms with Crippen LogP contribution in [0.1, 0.15) is 73.6 Å². The third kappa shape index (κ3) is 10.4. The zero-order valence-electron chi connectivity index (χ0n) is 33.3. The Morgan fingerprint density at radius 1 is 0.645 bits per heavy atom. The quantitative estimate of drug-likeness (QED) is 0.0292. The summed E-state index contributed by atoms with van der Waals surface area (Å²) in [6.07, 6.45) is 0. The Morgan fingerprint density at radius 3 is 1.37 bits per heavy atom. The van der Waals surface area contributed by atoms with Gasteiger partial charge in [-0.05, 0) is 24.3 Å². The van der Waals surface area contributed by atoms with E-state index in [1.54, 1.807) is 0 Å². The van der Waals surface area contributed by atoms with E-state index in [4.69, 9.17) is 9.47 Å². The number of azo groups is 2. The number of aromatic carboxylic acids is 2. The summed E-state index contributed by atoms with van der Waals surface area (Å²) in [6, 6.07) is 7.53. The van der Waals surface area contributed by atoms with E-state index < -0.39 is 34.5 Å². The zero-order chi connectivity index (χ0) is 44.9. The molecule has 0 aliphatic heterocycles. The van der Waals surface area contributed by atoms with E-state index in [9.17, 15) is 39.6 Å². The van der Waals surface area contributed by atoms with Gasteiger partial charge in [0.1, 0.15) is 11.5 Å². The molecule has 0 fully saturated rings. The summed E-state index contributed by atoms with van der Waals surface area (Å²) in [5.74, 6) is -2.34. The SMILES string of the molecule is CC(C)(C)c1nn(-c2cc(OC=O)cc(C(=O)O)c2)c(O)c1N=Nc1nnc(SCCSc2nnc(N=Nc3c(C(C)(C)C)nn(-c4cc(OC=O)cc(C(=O)O)c4)c3O)s2)s1. The lowest BCUT2D eigenvalue weighted by Crippen LogP contribution is -2.13. The molecule has 22 nitrogen and oxygen atoms in total. The van der Waals surface area contributed by atoms with Gasteiger partial charge in [-0.15, -0.1) is 40.9 Å². The molecule has 0 bridgehead atoms. The molecule has 0 spiro atoms. The molecule has 4 N–H and O–H groups in total. The number of carboxylic acid groups (broad SMARTS) is 2. The molecule has 322 valence electrons. The second kappa shape index (κ2) is 18.5. The number of nitrogens with zero attached hydrogens (tertiary/aromatic N) is 12. The van der Waals surface area contributed by atoms with Crippen molar-refractivity contribution in [1.29, 1.82) is 0 Å². The Hall–Kier alpha value is -6.64. The summed E-state index contributed by atoms with van der Waals surface area (Å²) in [7, 11) is 0. The fourth-order valence-corrected chi connectivity index (χ4v) is 8.74. The lowest BCUT2D eigenvalue weighted by molar-refractivity contribution is -0.121. The van der Waals surface area contributed by atoms with Gasteiger partial charge in [0, 0.05) is 34.5 Å². The second-order valence-corrected chi connectivity index (χ2v) is 19.2. The van der Waals surface area contributed by atoms with Gasteiger partial charge in [0.15, 0.2) is 20.1 Å². The standard InChI is InChI=1S/C36H34N12O10S4/c1-35(2,3)25-23(27(51)47(45-25)19-9-17(29(53)54)11-21(13-19)57-15-49)37-39-31-41-43-33(61-31)59-7-8-60-34-44-42-32(62-34)40-38-24-26(36(4,5)6)46-48(28(24)52)20-10-18(30(55)56)12-22(14-20)58-16-50/h9-16,51-52H,7-8H2,1-6H3,(H,53,54)(H,55,56). The van der Waals surface area contributed by atoms with Crippen LogP contribution in [0, 0.1) is 0 Å². The molecule has 2 aromatic carbocycles. The fourth-order valence-electron chi connectivity index (χ4n) is 5.31. The molecule has 0 radical (unpaired) electrons. The van der Waals surface area contributed by atoms with Crippen molar-refractivity contribution in [2.24, 2.45) is 20.5 Å². The lowest BCUT2D eigenvalue weighted by Gasteiger charge is -2.15. The number of aromatic nitrogens is 8. The normalized spacial score (nSPS) is 12.0. The third-order valence-corrected chi connectivity index (χ3v) is 12.2. The first-order valence-electron chi connectivity index (χ1n) is 17.8. The predicted octanol–water partition coefficient (Wildman–Crippen LogP) is 7.95. The maximum atomic E-state index is 11.7. The minimum Gasteiger partial charge on any atom is -0.492 e. The summed E-state index contributed by atoms with van der Waals surface area (Å²) in [5, 5.41) is 84.3. The van der Waals surface area contributed by atoms with Crippen molar-refractivity contribution in [2.45, 2.75) is 61.1 Å². The van der Waals surface area contributed by atoms with E-state index >= 15 is 0 Å². The number of benzene rings is 2. The van der Waals surface area contributed by atoms with E-state index in [0.29, 0.717) is 31.6 Å². The van der Waals surface area contributed by atoms with Gasteiger partial charge in [-0.2, -0.15) is 19.6 Å². The maximum Gasteiger partial charge on any atom is 0.335 e. The van der Waals surface area contributed by atoms with Crippen LogP contribution >= 0.6 is 46.2 Å². The highest BCUT2D eigenvalue weighted by Gasteiger charge is 2.30. The Kier molecular flexibility index (Phi) is 13.4. The molecule has 0 unspecified atom stereocenters. The highest BCUT2D eigenvalue weighted by Crippen LogP contribution is 2.43. The minimum absolute atomic E-state index is 0.0266. The first kappa shape index (κ1) is 44.9. The minimum atomic E-state index is -1.28.